The maximum absolute atomic E-state index is 12.3. The highest BCUT2D eigenvalue weighted by Gasteiger charge is 2.09. The zero-order valence-electron chi connectivity index (χ0n) is 10.8. The summed E-state index contributed by atoms with van der Waals surface area (Å²) in [6, 6.07) is 14.3. The van der Waals surface area contributed by atoms with Crippen molar-refractivity contribution in [3.05, 3.63) is 74.6 Å². The lowest BCUT2D eigenvalue weighted by Gasteiger charge is -2.02. The van der Waals surface area contributed by atoms with E-state index < -0.39 is 0 Å². The number of benzene rings is 2. The Morgan fingerprint density at radius 1 is 0.952 bits per heavy atom. The van der Waals surface area contributed by atoms with Gasteiger partial charge in [-0.1, -0.05) is 47.5 Å². The van der Waals surface area contributed by atoms with Crippen LogP contribution in [0.3, 0.4) is 0 Å². The summed E-state index contributed by atoms with van der Waals surface area (Å²) in [5.41, 5.74) is 1.18. The minimum Gasteiger partial charge on any atom is -0.244 e. The molecule has 0 bridgehead atoms. The molecule has 5 nitrogen and oxygen atoms in total. The first kappa shape index (κ1) is 13.9. The molecule has 0 unspecified atom stereocenters. The Hall–Kier alpha value is -2.11. The number of halogens is 2. The molecule has 0 radical (unpaired) electrons. The fourth-order valence-corrected chi connectivity index (χ4v) is 2.24. The van der Waals surface area contributed by atoms with Gasteiger partial charge in [-0.2, -0.15) is 9.36 Å². The minimum atomic E-state index is -0.313. The van der Waals surface area contributed by atoms with Gasteiger partial charge in [0.1, 0.15) is 0 Å². The Balaban J connectivity index is 1.93. The van der Waals surface area contributed by atoms with Crippen LogP contribution in [0.15, 0.2) is 53.3 Å². The van der Waals surface area contributed by atoms with E-state index in [1.54, 1.807) is 30.3 Å². The van der Waals surface area contributed by atoms with Crippen LogP contribution < -0.4 is 5.69 Å². The third-order valence-electron chi connectivity index (χ3n) is 2.96. The summed E-state index contributed by atoms with van der Waals surface area (Å²) in [6.45, 7) is 0.280. The lowest BCUT2D eigenvalue weighted by molar-refractivity contribution is 0.632. The van der Waals surface area contributed by atoms with E-state index in [2.05, 4.69) is 10.4 Å². The molecule has 0 aliphatic carbocycles. The zero-order chi connectivity index (χ0) is 14.8. The van der Waals surface area contributed by atoms with Crippen LogP contribution in [0.25, 0.3) is 5.69 Å². The van der Waals surface area contributed by atoms with Crippen molar-refractivity contribution in [1.29, 1.82) is 0 Å². The van der Waals surface area contributed by atoms with Crippen LogP contribution in [0.1, 0.15) is 5.56 Å². The summed E-state index contributed by atoms with van der Waals surface area (Å²) in [5.74, 6) is 0. The van der Waals surface area contributed by atoms with Crippen molar-refractivity contribution < 1.29 is 0 Å². The Morgan fingerprint density at radius 3 is 2.43 bits per heavy atom. The van der Waals surface area contributed by atoms with Crippen LogP contribution in [0.2, 0.25) is 10.0 Å². The van der Waals surface area contributed by atoms with E-state index in [1.165, 1.54) is 9.36 Å². The van der Waals surface area contributed by atoms with Crippen molar-refractivity contribution in [1.82, 2.24) is 19.8 Å². The van der Waals surface area contributed by atoms with Gasteiger partial charge in [0.25, 0.3) is 0 Å². The van der Waals surface area contributed by atoms with Gasteiger partial charge in [-0.25, -0.2) is 4.79 Å². The number of hydrogen-bond donors (Lipinski definition) is 0. The van der Waals surface area contributed by atoms with Crippen LogP contribution >= 0.6 is 23.2 Å². The maximum atomic E-state index is 12.3. The van der Waals surface area contributed by atoms with E-state index in [-0.39, 0.29) is 12.2 Å². The Labute approximate surface area is 130 Å². The number of nitrogens with zero attached hydrogens (tertiary/aromatic N) is 4. The van der Waals surface area contributed by atoms with Gasteiger partial charge in [-0.3, -0.25) is 0 Å². The van der Waals surface area contributed by atoms with Crippen LogP contribution in [0, 0.1) is 0 Å². The largest absolute Gasteiger partial charge is 0.368 e. The summed E-state index contributed by atoms with van der Waals surface area (Å²) in [7, 11) is 0. The Morgan fingerprint density at radius 2 is 1.71 bits per heavy atom. The molecule has 0 amide bonds. The lowest BCUT2D eigenvalue weighted by atomic mass is 10.2. The van der Waals surface area contributed by atoms with Crippen molar-refractivity contribution in [2.24, 2.45) is 0 Å². The fraction of sp³-hybridized carbons (Fsp3) is 0.0714. The molecule has 0 saturated carbocycles. The molecule has 0 saturated heterocycles. The Bertz CT molecular complexity index is 826. The number of aromatic nitrogens is 4. The summed E-state index contributed by atoms with van der Waals surface area (Å²) in [4.78, 5) is 12.3. The van der Waals surface area contributed by atoms with Gasteiger partial charge in [0.05, 0.1) is 22.3 Å². The molecule has 0 N–H and O–H groups in total. The van der Waals surface area contributed by atoms with E-state index in [0.717, 1.165) is 5.56 Å². The molecule has 21 heavy (non-hydrogen) atoms. The van der Waals surface area contributed by atoms with Crippen molar-refractivity contribution in [2.45, 2.75) is 6.54 Å². The molecule has 0 aliphatic heterocycles. The van der Waals surface area contributed by atoms with Crippen molar-refractivity contribution in [2.75, 3.05) is 0 Å². The van der Waals surface area contributed by atoms with Crippen LogP contribution in [0.4, 0.5) is 0 Å². The zero-order valence-corrected chi connectivity index (χ0v) is 12.3. The topological polar surface area (TPSA) is 52.7 Å². The predicted molar refractivity (Wildman–Crippen MR) is 81.2 cm³/mol. The molecule has 106 valence electrons. The highest BCUT2D eigenvalue weighted by atomic mass is 35.5. The van der Waals surface area contributed by atoms with E-state index in [9.17, 15) is 4.79 Å². The molecule has 3 rings (SSSR count). The molecule has 1 aromatic heterocycles. The van der Waals surface area contributed by atoms with Gasteiger partial charge in [0.2, 0.25) is 0 Å². The SMILES string of the molecule is O=c1n(Cc2ccc(Cl)c(Cl)c2)nnn1-c1ccccc1. The van der Waals surface area contributed by atoms with Crippen LogP contribution in [0.5, 0.6) is 0 Å². The molecule has 2 aromatic carbocycles. The molecule has 1 heterocycles. The van der Waals surface area contributed by atoms with Gasteiger partial charge in [0, 0.05) is 0 Å². The molecule has 7 heteroatoms. The molecule has 3 aromatic rings. The van der Waals surface area contributed by atoms with Crippen molar-refractivity contribution in [3.63, 3.8) is 0 Å². The summed E-state index contributed by atoms with van der Waals surface area (Å²) >= 11 is 11.8. The highest BCUT2D eigenvalue weighted by Crippen LogP contribution is 2.22. The molecule has 0 atom stereocenters. The number of tetrazole rings is 1. The highest BCUT2D eigenvalue weighted by molar-refractivity contribution is 6.42. The van der Waals surface area contributed by atoms with E-state index in [1.807, 2.05) is 18.2 Å². The van der Waals surface area contributed by atoms with Crippen molar-refractivity contribution in [3.8, 4) is 5.69 Å². The van der Waals surface area contributed by atoms with E-state index >= 15 is 0 Å². The normalized spacial score (nSPS) is 10.8. The van der Waals surface area contributed by atoms with Gasteiger partial charge < -0.3 is 0 Å². The van der Waals surface area contributed by atoms with Gasteiger partial charge in [0.15, 0.2) is 0 Å². The quantitative estimate of drug-likeness (QED) is 0.745. The molecule has 0 aliphatic rings. The third-order valence-corrected chi connectivity index (χ3v) is 3.70. The van der Waals surface area contributed by atoms with Crippen molar-refractivity contribution >= 4 is 23.2 Å². The first-order valence-corrected chi connectivity index (χ1v) is 6.93. The Kier molecular flexibility index (Phi) is 3.77. The summed E-state index contributed by atoms with van der Waals surface area (Å²) < 4.78 is 2.52. The van der Waals surface area contributed by atoms with Crippen LogP contribution in [-0.2, 0) is 6.54 Å². The van der Waals surface area contributed by atoms with Gasteiger partial charge >= 0.3 is 5.69 Å². The predicted octanol–water partition coefficient (Wildman–Crippen LogP) is 2.78. The van der Waals surface area contributed by atoms with Crippen LogP contribution in [-0.4, -0.2) is 19.8 Å². The first-order chi connectivity index (χ1) is 10.1. The second-order valence-electron chi connectivity index (χ2n) is 4.41. The maximum Gasteiger partial charge on any atom is 0.368 e. The van der Waals surface area contributed by atoms with E-state index in [0.29, 0.717) is 15.7 Å². The summed E-state index contributed by atoms with van der Waals surface area (Å²) in [6.07, 6.45) is 0. The van der Waals surface area contributed by atoms with Gasteiger partial charge in [-0.15, -0.1) is 0 Å². The second kappa shape index (κ2) is 5.71. The molecule has 0 spiro atoms. The lowest BCUT2D eigenvalue weighted by Crippen LogP contribution is -2.24. The molecule has 0 fully saturated rings. The number of para-hydroxylation sites is 1. The number of rotatable bonds is 3. The molecular weight excluding hydrogens is 311 g/mol. The first-order valence-electron chi connectivity index (χ1n) is 6.17. The average Bonchev–Trinajstić information content (AvgIpc) is 2.85. The monoisotopic (exact) mass is 320 g/mol. The average molecular weight is 321 g/mol. The second-order valence-corrected chi connectivity index (χ2v) is 5.23. The minimum absolute atomic E-state index is 0.280. The number of hydrogen-bond acceptors (Lipinski definition) is 3. The third kappa shape index (κ3) is 2.84. The smallest absolute Gasteiger partial charge is 0.244 e. The summed E-state index contributed by atoms with van der Waals surface area (Å²) in [5, 5.41) is 8.68. The van der Waals surface area contributed by atoms with E-state index in [4.69, 9.17) is 23.2 Å². The fourth-order valence-electron chi connectivity index (χ4n) is 1.92. The standard InChI is InChI=1S/C14H10Cl2N4O/c15-12-7-6-10(8-13(12)16)9-19-14(21)20(18-17-19)11-4-2-1-3-5-11/h1-8H,9H2. The molecular formula is C14H10Cl2N4O. The van der Waals surface area contributed by atoms with Gasteiger partial charge in [-0.05, 0) is 40.3 Å².